The van der Waals surface area contributed by atoms with Crippen molar-refractivity contribution in [1.29, 1.82) is 0 Å². The van der Waals surface area contributed by atoms with Crippen LogP contribution in [0.4, 0.5) is 0 Å². The minimum atomic E-state index is 0.834. The van der Waals surface area contributed by atoms with Crippen LogP contribution < -0.4 is 0 Å². The van der Waals surface area contributed by atoms with Crippen LogP contribution in [-0.2, 0) is 6.42 Å². The van der Waals surface area contributed by atoms with Crippen molar-refractivity contribution in [3.8, 4) is 0 Å². The molecule has 0 amide bonds. The second-order valence-corrected chi connectivity index (χ2v) is 5.46. The van der Waals surface area contributed by atoms with Crippen molar-refractivity contribution in [2.45, 2.75) is 25.7 Å². The Kier molecular flexibility index (Phi) is 3.13. The molecule has 0 nitrogen and oxygen atoms in total. The third-order valence-corrected chi connectivity index (χ3v) is 4.27. The number of rotatable bonds is 3. The summed E-state index contributed by atoms with van der Waals surface area (Å²) in [7, 11) is 0. The molecule has 0 bridgehead atoms. The molecule has 1 fully saturated rings. The molecule has 1 aromatic carbocycles. The Labute approximate surface area is 104 Å². The fourth-order valence-electron chi connectivity index (χ4n) is 3.32. The van der Waals surface area contributed by atoms with Crippen molar-refractivity contribution < 1.29 is 0 Å². The molecule has 17 heavy (non-hydrogen) atoms. The first-order valence-electron chi connectivity index (χ1n) is 6.81. The van der Waals surface area contributed by atoms with E-state index in [0.29, 0.717) is 0 Å². The van der Waals surface area contributed by atoms with E-state index < -0.39 is 0 Å². The van der Waals surface area contributed by atoms with Gasteiger partial charge in [0.15, 0.2) is 0 Å². The standard InChI is InChI=1S/C17H20/c1-2-6-14(7-3-1)10-11-15-12-16-8-4-5-9-17(16)13-15/h1-9,15-17H,10-13H2. The fourth-order valence-corrected chi connectivity index (χ4v) is 3.32. The third kappa shape index (κ3) is 2.52. The molecule has 2 atom stereocenters. The monoisotopic (exact) mass is 224 g/mol. The highest BCUT2D eigenvalue weighted by Gasteiger charge is 2.31. The summed E-state index contributed by atoms with van der Waals surface area (Å²) in [6.07, 6.45) is 14.7. The summed E-state index contributed by atoms with van der Waals surface area (Å²) < 4.78 is 0. The topological polar surface area (TPSA) is 0 Å². The van der Waals surface area contributed by atoms with Crippen LogP contribution >= 0.6 is 0 Å². The molecular formula is C17H20. The van der Waals surface area contributed by atoms with E-state index >= 15 is 0 Å². The largest absolute Gasteiger partial charge is 0.0808 e. The molecule has 0 spiro atoms. The zero-order chi connectivity index (χ0) is 11.5. The lowest BCUT2D eigenvalue weighted by Gasteiger charge is -2.13. The van der Waals surface area contributed by atoms with Gasteiger partial charge in [-0.25, -0.2) is 0 Å². The normalized spacial score (nSPS) is 30.5. The van der Waals surface area contributed by atoms with E-state index in [0.717, 1.165) is 17.8 Å². The van der Waals surface area contributed by atoms with Crippen LogP contribution in [0.5, 0.6) is 0 Å². The van der Waals surface area contributed by atoms with Crippen LogP contribution in [0.2, 0.25) is 0 Å². The van der Waals surface area contributed by atoms with Crippen molar-refractivity contribution in [1.82, 2.24) is 0 Å². The molecule has 2 unspecified atom stereocenters. The minimum absolute atomic E-state index is 0.834. The molecule has 1 aromatic rings. The Balaban J connectivity index is 1.54. The van der Waals surface area contributed by atoms with Crippen molar-refractivity contribution >= 4 is 0 Å². The third-order valence-electron chi connectivity index (χ3n) is 4.27. The van der Waals surface area contributed by atoms with Gasteiger partial charge in [0.25, 0.3) is 0 Å². The van der Waals surface area contributed by atoms with Crippen molar-refractivity contribution in [2.75, 3.05) is 0 Å². The summed E-state index contributed by atoms with van der Waals surface area (Å²) in [5.41, 5.74) is 1.49. The number of hydrogen-bond donors (Lipinski definition) is 0. The highest BCUT2D eigenvalue weighted by molar-refractivity contribution is 5.18. The van der Waals surface area contributed by atoms with Gasteiger partial charge in [-0.3, -0.25) is 0 Å². The number of fused-ring (bicyclic) bond motifs is 1. The Morgan fingerprint density at radius 2 is 1.53 bits per heavy atom. The van der Waals surface area contributed by atoms with Gasteiger partial charge in [0.1, 0.15) is 0 Å². The molecule has 3 rings (SSSR count). The molecule has 0 heterocycles. The number of allylic oxidation sites excluding steroid dienone is 4. The number of benzene rings is 1. The first kappa shape index (κ1) is 10.8. The van der Waals surface area contributed by atoms with E-state index in [-0.39, 0.29) is 0 Å². The molecule has 0 N–H and O–H groups in total. The van der Waals surface area contributed by atoms with Crippen molar-refractivity contribution in [2.24, 2.45) is 17.8 Å². The van der Waals surface area contributed by atoms with Crippen molar-refractivity contribution in [3.63, 3.8) is 0 Å². The molecule has 0 heteroatoms. The number of aryl methyl sites for hydroxylation is 1. The number of hydrogen-bond acceptors (Lipinski definition) is 0. The van der Waals surface area contributed by atoms with Gasteiger partial charge >= 0.3 is 0 Å². The Morgan fingerprint density at radius 3 is 2.18 bits per heavy atom. The summed E-state index contributed by atoms with van der Waals surface area (Å²) >= 11 is 0. The van der Waals surface area contributed by atoms with E-state index in [4.69, 9.17) is 0 Å². The Hall–Kier alpha value is -1.30. The van der Waals surface area contributed by atoms with E-state index in [1.807, 2.05) is 0 Å². The predicted octanol–water partition coefficient (Wildman–Crippen LogP) is 4.39. The maximum atomic E-state index is 2.41. The minimum Gasteiger partial charge on any atom is -0.0808 e. The average molecular weight is 224 g/mol. The Morgan fingerprint density at radius 1 is 0.882 bits per heavy atom. The van der Waals surface area contributed by atoms with Gasteiger partial charge in [-0.2, -0.15) is 0 Å². The SMILES string of the molecule is C1=CC2CC(CCc3ccccc3)CC2C=C1. The van der Waals surface area contributed by atoms with Gasteiger partial charge in [0.05, 0.1) is 0 Å². The van der Waals surface area contributed by atoms with Crippen LogP contribution in [0.1, 0.15) is 24.8 Å². The molecule has 2 aliphatic carbocycles. The van der Waals surface area contributed by atoms with Crippen LogP contribution in [0, 0.1) is 17.8 Å². The molecule has 2 aliphatic rings. The molecule has 1 saturated carbocycles. The summed E-state index contributed by atoms with van der Waals surface area (Å²) in [5.74, 6) is 2.60. The molecule has 0 saturated heterocycles. The summed E-state index contributed by atoms with van der Waals surface area (Å²) in [6.45, 7) is 0. The average Bonchev–Trinajstić information content (AvgIpc) is 2.80. The predicted molar refractivity (Wildman–Crippen MR) is 72.7 cm³/mol. The van der Waals surface area contributed by atoms with Gasteiger partial charge in [0, 0.05) is 0 Å². The lowest BCUT2D eigenvalue weighted by molar-refractivity contribution is 0.489. The zero-order valence-corrected chi connectivity index (χ0v) is 10.3. The zero-order valence-electron chi connectivity index (χ0n) is 10.3. The smallest absolute Gasteiger partial charge is 0.0165 e. The lowest BCUT2D eigenvalue weighted by Crippen LogP contribution is -2.03. The molecular weight excluding hydrogens is 204 g/mol. The van der Waals surface area contributed by atoms with Crippen LogP contribution in [0.15, 0.2) is 54.6 Å². The second kappa shape index (κ2) is 4.91. The van der Waals surface area contributed by atoms with E-state index in [1.54, 1.807) is 0 Å². The molecule has 0 aromatic heterocycles. The highest BCUT2D eigenvalue weighted by atomic mass is 14.4. The van der Waals surface area contributed by atoms with Gasteiger partial charge in [-0.15, -0.1) is 0 Å². The first-order valence-corrected chi connectivity index (χ1v) is 6.81. The maximum Gasteiger partial charge on any atom is -0.0165 e. The molecule has 0 radical (unpaired) electrons. The summed E-state index contributed by atoms with van der Waals surface area (Å²) in [5, 5.41) is 0. The maximum absolute atomic E-state index is 2.41. The van der Waals surface area contributed by atoms with Crippen LogP contribution in [0.3, 0.4) is 0 Å². The van der Waals surface area contributed by atoms with E-state index in [9.17, 15) is 0 Å². The quantitative estimate of drug-likeness (QED) is 0.714. The lowest BCUT2D eigenvalue weighted by atomic mass is 9.92. The van der Waals surface area contributed by atoms with Crippen LogP contribution in [0.25, 0.3) is 0 Å². The highest BCUT2D eigenvalue weighted by Crippen LogP contribution is 2.41. The summed E-state index contributed by atoms with van der Waals surface area (Å²) in [6, 6.07) is 10.9. The van der Waals surface area contributed by atoms with Gasteiger partial charge < -0.3 is 0 Å². The fraction of sp³-hybridized carbons (Fsp3) is 0.412. The van der Waals surface area contributed by atoms with E-state index in [1.165, 1.54) is 31.2 Å². The molecule has 88 valence electrons. The van der Waals surface area contributed by atoms with Crippen LogP contribution in [-0.4, -0.2) is 0 Å². The summed E-state index contributed by atoms with van der Waals surface area (Å²) in [4.78, 5) is 0. The first-order chi connectivity index (χ1) is 8.42. The van der Waals surface area contributed by atoms with Crippen molar-refractivity contribution in [3.05, 3.63) is 60.2 Å². The Bertz CT molecular complexity index is 393. The van der Waals surface area contributed by atoms with E-state index in [2.05, 4.69) is 54.6 Å². The molecule has 0 aliphatic heterocycles. The second-order valence-electron chi connectivity index (χ2n) is 5.46. The van der Waals surface area contributed by atoms with Gasteiger partial charge in [0.2, 0.25) is 0 Å². The van der Waals surface area contributed by atoms with Gasteiger partial charge in [-0.05, 0) is 49.0 Å². The van der Waals surface area contributed by atoms with Gasteiger partial charge in [-0.1, -0.05) is 54.6 Å².